The minimum atomic E-state index is 0.257. The number of para-hydroxylation sites is 1. The van der Waals surface area contributed by atoms with Crippen molar-refractivity contribution in [2.24, 2.45) is 0 Å². The number of ether oxygens (including phenoxy) is 1. The second kappa shape index (κ2) is 6.82. The molecule has 19 heavy (non-hydrogen) atoms. The number of benzene rings is 1. The van der Waals surface area contributed by atoms with Crippen molar-refractivity contribution < 1.29 is 4.74 Å². The van der Waals surface area contributed by atoms with Gasteiger partial charge in [-0.2, -0.15) is 0 Å². The summed E-state index contributed by atoms with van der Waals surface area (Å²) in [5, 5.41) is 8.44. The Balaban J connectivity index is 2.28. The Hall–Kier alpha value is -1.20. The average Bonchev–Trinajstić information content (AvgIpc) is 2.94. The molecular formula is C14H18BrN3O. The van der Waals surface area contributed by atoms with Crippen LogP contribution in [-0.4, -0.2) is 28.7 Å². The average molecular weight is 324 g/mol. The van der Waals surface area contributed by atoms with E-state index in [1.165, 1.54) is 5.56 Å². The number of aromatic nitrogens is 3. The summed E-state index contributed by atoms with van der Waals surface area (Å²) in [6.45, 7) is 2.82. The van der Waals surface area contributed by atoms with Gasteiger partial charge in [-0.1, -0.05) is 46.3 Å². The molecule has 1 aromatic heterocycles. The quantitative estimate of drug-likeness (QED) is 0.766. The van der Waals surface area contributed by atoms with Gasteiger partial charge in [0.1, 0.15) is 0 Å². The molecule has 4 nitrogen and oxygen atoms in total. The topological polar surface area (TPSA) is 39.9 Å². The third-order valence-corrected chi connectivity index (χ3v) is 4.12. The van der Waals surface area contributed by atoms with E-state index >= 15 is 0 Å². The van der Waals surface area contributed by atoms with E-state index in [0.29, 0.717) is 6.61 Å². The first-order valence-electron chi connectivity index (χ1n) is 6.39. The molecule has 102 valence electrons. The number of hydrogen-bond acceptors (Lipinski definition) is 3. The largest absolute Gasteiger partial charge is 0.384 e. The number of nitrogens with zero attached hydrogens (tertiary/aromatic N) is 3. The Labute approximate surface area is 121 Å². The first-order chi connectivity index (χ1) is 9.26. The Morgan fingerprint density at radius 1 is 1.37 bits per heavy atom. The normalized spacial score (nSPS) is 12.6. The first kappa shape index (κ1) is 14.2. The third kappa shape index (κ3) is 3.42. The summed E-state index contributed by atoms with van der Waals surface area (Å²) in [6, 6.07) is 8.20. The highest BCUT2D eigenvalue weighted by atomic mass is 79.9. The lowest BCUT2D eigenvalue weighted by atomic mass is 10.1. The summed E-state index contributed by atoms with van der Waals surface area (Å²) in [7, 11) is 1.72. The van der Waals surface area contributed by atoms with Gasteiger partial charge >= 0.3 is 0 Å². The minimum Gasteiger partial charge on any atom is -0.384 e. The van der Waals surface area contributed by atoms with E-state index in [1.807, 2.05) is 23.0 Å². The summed E-state index contributed by atoms with van der Waals surface area (Å²) >= 11 is 3.60. The van der Waals surface area contributed by atoms with Gasteiger partial charge in [-0.25, -0.2) is 4.68 Å². The summed E-state index contributed by atoms with van der Waals surface area (Å²) in [6.07, 6.45) is 3.84. The summed E-state index contributed by atoms with van der Waals surface area (Å²) in [5.74, 6) is 0. The molecule has 0 radical (unpaired) electrons. The van der Waals surface area contributed by atoms with Gasteiger partial charge in [-0.15, -0.1) is 5.10 Å². The van der Waals surface area contributed by atoms with Gasteiger partial charge in [0.15, 0.2) is 0 Å². The molecule has 0 amide bonds. The van der Waals surface area contributed by atoms with Crippen LogP contribution in [0.5, 0.6) is 0 Å². The number of methoxy groups -OCH3 is 1. The zero-order valence-corrected chi connectivity index (χ0v) is 12.8. The van der Waals surface area contributed by atoms with Crippen LogP contribution < -0.4 is 0 Å². The number of hydrogen-bond donors (Lipinski definition) is 0. The standard InChI is InChI=1S/C14H18BrN3O/c1-3-12(15)13-10-18(17-16-13)14-7-5-4-6-11(14)8-9-19-2/h4-7,10,12H,3,8-9H2,1-2H3. The summed E-state index contributed by atoms with van der Waals surface area (Å²) in [5.41, 5.74) is 3.24. The fraction of sp³-hybridized carbons (Fsp3) is 0.429. The molecule has 0 saturated carbocycles. The van der Waals surface area contributed by atoms with Gasteiger partial charge in [-0.05, 0) is 24.5 Å². The Morgan fingerprint density at radius 2 is 2.16 bits per heavy atom. The van der Waals surface area contributed by atoms with Crippen LogP contribution in [0.15, 0.2) is 30.5 Å². The van der Waals surface area contributed by atoms with Crippen LogP contribution in [-0.2, 0) is 11.2 Å². The maximum absolute atomic E-state index is 5.14. The van der Waals surface area contributed by atoms with Crippen molar-refractivity contribution in [3.05, 3.63) is 41.7 Å². The van der Waals surface area contributed by atoms with Crippen molar-refractivity contribution in [1.82, 2.24) is 15.0 Å². The molecule has 0 aliphatic rings. The predicted molar refractivity (Wildman–Crippen MR) is 78.9 cm³/mol. The molecule has 1 aromatic carbocycles. The van der Waals surface area contributed by atoms with Gasteiger partial charge in [0.05, 0.1) is 29.0 Å². The molecule has 2 rings (SSSR count). The summed E-state index contributed by atoms with van der Waals surface area (Å²) < 4.78 is 6.98. The van der Waals surface area contributed by atoms with Crippen LogP contribution in [0.25, 0.3) is 5.69 Å². The van der Waals surface area contributed by atoms with E-state index in [9.17, 15) is 0 Å². The number of alkyl halides is 1. The molecule has 0 fully saturated rings. The molecule has 0 bridgehead atoms. The van der Waals surface area contributed by atoms with Crippen molar-refractivity contribution in [1.29, 1.82) is 0 Å². The predicted octanol–water partition coefficient (Wildman–Crippen LogP) is 3.30. The van der Waals surface area contributed by atoms with Crippen LogP contribution in [0.3, 0.4) is 0 Å². The number of rotatable bonds is 6. The van der Waals surface area contributed by atoms with Gasteiger partial charge < -0.3 is 4.74 Å². The highest BCUT2D eigenvalue weighted by Gasteiger charge is 2.12. The van der Waals surface area contributed by atoms with Crippen molar-refractivity contribution in [2.45, 2.75) is 24.6 Å². The molecule has 2 aromatic rings. The Kier molecular flexibility index (Phi) is 5.10. The van der Waals surface area contributed by atoms with Gasteiger partial charge in [0.25, 0.3) is 0 Å². The number of halogens is 1. The van der Waals surface area contributed by atoms with E-state index in [0.717, 1.165) is 24.2 Å². The lowest BCUT2D eigenvalue weighted by molar-refractivity contribution is 0.202. The highest BCUT2D eigenvalue weighted by Crippen LogP contribution is 2.24. The van der Waals surface area contributed by atoms with E-state index in [4.69, 9.17) is 4.74 Å². The second-order valence-electron chi connectivity index (χ2n) is 4.34. The lowest BCUT2D eigenvalue weighted by Crippen LogP contribution is -2.03. The SMILES string of the molecule is CCC(Br)c1cn(-c2ccccc2CCOC)nn1. The molecule has 0 saturated heterocycles. The minimum absolute atomic E-state index is 0.257. The lowest BCUT2D eigenvalue weighted by Gasteiger charge is -2.08. The molecule has 1 heterocycles. The van der Waals surface area contributed by atoms with E-state index < -0.39 is 0 Å². The molecular weight excluding hydrogens is 306 g/mol. The Morgan fingerprint density at radius 3 is 2.89 bits per heavy atom. The van der Waals surface area contributed by atoms with Crippen LogP contribution in [0.2, 0.25) is 0 Å². The van der Waals surface area contributed by atoms with Crippen molar-refractivity contribution in [3.8, 4) is 5.69 Å². The fourth-order valence-electron chi connectivity index (χ4n) is 1.90. The van der Waals surface area contributed by atoms with Gasteiger partial charge in [0, 0.05) is 7.11 Å². The molecule has 0 aliphatic carbocycles. The van der Waals surface area contributed by atoms with Crippen molar-refractivity contribution in [2.75, 3.05) is 13.7 Å². The van der Waals surface area contributed by atoms with Crippen LogP contribution in [0.1, 0.15) is 29.4 Å². The maximum Gasteiger partial charge on any atom is 0.0967 e. The maximum atomic E-state index is 5.14. The molecule has 0 aliphatic heterocycles. The van der Waals surface area contributed by atoms with E-state index in [-0.39, 0.29) is 4.83 Å². The zero-order valence-electron chi connectivity index (χ0n) is 11.2. The molecule has 0 spiro atoms. The van der Waals surface area contributed by atoms with Gasteiger partial charge in [-0.3, -0.25) is 0 Å². The van der Waals surface area contributed by atoms with Crippen LogP contribution in [0, 0.1) is 0 Å². The first-order valence-corrected chi connectivity index (χ1v) is 7.31. The van der Waals surface area contributed by atoms with Gasteiger partial charge in [0.2, 0.25) is 0 Å². The fourth-order valence-corrected chi connectivity index (χ4v) is 2.11. The zero-order chi connectivity index (χ0) is 13.7. The molecule has 0 N–H and O–H groups in total. The van der Waals surface area contributed by atoms with E-state index in [2.05, 4.69) is 45.3 Å². The highest BCUT2D eigenvalue weighted by molar-refractivity contribution is 9.09. The smallest absolute Gasteiger partial charge is 0.0967 e. The van der Waals surface area contributed by atoms with Crippen molar-refractivity contribution in [3.63, 3.8) is 0 Å². The monoisotopic (exact) mass is 323 g/mol. The summed E-state index contributed by atoms with van der Waals surface area (Å²) in [4.78, 5) is 0.257. The van der Waals surface area contributed by atoms with E-state index in [1.54, 1.807) is 7.11 Å². The molecule has 1 unspecified atom stereocenters. The third-order valence-electron chi connectivity index (χ3n) is 3.00. The van der Waals surface area contributed by atoms with Crippen molar-refractivity contribution >= 4 is 15.9 Å². The Bertz CT molecular complexity index is 527. The second-order valence-corrected chi connectivity index (χ2v) is 5.44. The van der Waals surface area contributed by atoms with Crippen LogP contribution >= 0.6 is 15.9 Å². The molecule has 5 heteroatoms. The molecule has 1 atom stereocenters. The van der Waals surface area contributed by atoms with Crippen LogP contribution in [0.4, 0.5) is 0 Å².